The van der Waals surface area contributed by atoms with Gasteiger partial charge in [-0.2, -0.15) is 0 Å². The highest BCUT2D eigenvalue weighted by Gasteiger charge is 2.27. The molecule has 2 atom stereocenters. The van der Waals surface area contributed by atoms with E-state index in [4.69, 9.17) is 0 Å². The van der Waals surface area contributed by atoms with Crippen LogP contribution in [0.4, 0.5) is 0 Å². The van der Waals surface area contributed by atoms with E-state index in [9.17, 15) is 4.79 Å². The van der Waals surface area contributed by atoms with Gasteiger partial charge in [-0.3, -0.25) is 4.79 Å². The van der Waals surface area contributed by atoms with Crippen molar-refractivity contribution >= 4 is 5.91 Å². The minimum Gasteiger partial charge on any atom is -0.342 e. The molecule has 1 rings (SSSR count). The van der Waals surface area contributed by atoms with Crippen LogP contribution in [0.3, 0.4) is 0 Å². The average molecular weight is 289 g/mol. The highest BCUT2D eigenvalue weighted by Crippen LogP contribution is 2.30. The predicted octanol–water partition coefficient (Wildman–Crippen LogP) is 4.77. The molecule has 2 nitrogen and oxygen atoms in total. The Bertz CT molecular complexity index is 435. The van der Waals surface area contributed by atoms with E-state index in [1.165, 1.54) is 11.1 Å². The van der Waals surface area contributed by atoms with Crippen molar-refractivity contribution in [1.29, 1.82) is 0 Å². The second-order valence-electron chi connectivity index (χ2n) is 6.04. The summed E-state index contributed by atoms with van der Waals surface area (Å²) in [6.07, 6.45) is 3.06. The third-order valence-corrected chi connectivity index (χ3v) is 4.20. The molecule has 0 spiro atoms. The summed E-state index contributed by atoms with van der Waals surface area (Å²) in [5, 5.41) is 0. The van der Waals surface area contributed by atoms with Crippen molar-refractivity contribution in [3.63, 3.8) is 0 Å². The van der Waals surface area contributed by atoms with Crippen molar-refractivity contribution in [2.45, 2.75) is 59.8 Å². The van der Waals surface area contributed by atoms with Crippen LogP contribution in [0.15, 0.2) is 24.3 Å². The first-order valence-electron chi connectivity index (χ1n) is 8.40. The zero-order valence-corrected chi connectivity index (χ0v) is 14.4. The summed E-state index contributed by atoms with van der Waals surface area (Å²) in [5.41, 5.74) is 2.57. The smallest absolute Gasteiger partial charge is 0.226 e. The van der Waals surface area contributed by atoms with Gasteiger partial charge in [0.1, 0.15) is 0 Å². The minimum absolute atomic E-state index is 0.0508. The number of aryl methyl sites for hydroxylation is 1. The van der Waals surface area contributed by atoms with E-state index in [1.807, 2.05) is 4.90 Å². The molecule has 0 bridgehead atoms. The van der Waals surface area contributed by atoms with Crippen molar-refractivity contribution in [3.05, 3.63) is 35.4 Å². The Kier molecular flexibility index (Phi) is 7.49. The summed E-state index contributed by atoms with van der Waals surface area (Å²) in [6.45, 7) is 12.4. The van der Waals surface area contributed by atoms with E-state index in [0.29, 0.717) is 11.8 Å². The van der Waals surface area contributed by atoms with E-state index in [0.717, 1.165) is 32.4 Å². The van der Waals surface area contributed by atoms with Gasteiger partial charge in [0.2, 0.25) is 5.91 Å². The first kappa shape index (κ1) is 17.7. The Morgan fingerprint density at radius 3 is 2.24 bits per heavy atom. The van der Waals surface area contributed by atoms with Crippen LogP contribution < -0.4 is 0 Å². The van der Waals surface area contributed by atoms with E-state index >= 15 is 0 Å². The standard InChI is InChI=1S/C19H31NO/c1-6-12-20(13-7-2)19(21)16(5)18(8-3)17-11-9-10-15(4)14-17/h9-11,14,16,18H,6-8,12-13H2,1-5H3. The molecule has 0 aromatic heterocycles. The maximum atomic E-state index is 12.8. The van der Waals surface area contributed by atoms with Crippen LogP contribution in [0.5, 0.6) is 0 Å². The number of rotatable bonds is 8. The van der Waals surface area contributed by atoms with Gasteiger partial charge in [0.15, 0.2) is 0 Å². The first-order chi connectivity index (χ1) is 10.0. The van der Waals surface area contributed by atoms with Crippen LogP contribution in [0.2, 0.25) is 0 Å². The minimum atomic E-state index is 0.0508. The quantitative estimate of drug-likeness (QED) is 0.675. The van der Waals surface area contributed by atoms with Gasteiger partial charge in [-0.1, -0.05) is 57.5 Å². The highest BCUT2D eigenvalue weighted by atomic mass is 16.2. The van der Waals surface area contributed by atoms with Crippen LogP contribution in [0, 0.1) is 12.8 Å². The molecule has 0 aliphatic carbocycles. The zero-order chi connectivity index (χ0) is 15.8. The number of hydrogen-bond donors (Lipinski definition) is 0. The highest BCUT2D eigenvalue weighted by molar-refractivity contribution is 5.79. The molecule has 0 heterocycles. The summed E-state index contributed by atoms with van der Waals surface area (Å²) in [6, 6.07) is 8.60. The molecule has 0 aliphatic rings. The number of amides is 1. The van der Waals surface area contributed by atoms with Crippen molar-refractivity contribution in [1.82, 2.24) is 4.90 Å². The van der Waals surface area contributed by atoms with Gasteiger partial charge in [0, 0.05) is 19.0 Å². The molecule has 21 heavy (non-hydrogen) atoms. The van der Waals surface area contributed by atoms with Gasteiger partial charge in [0.05, 0.1) is 0 Å². The summed E-state index contributed by atoms with van der Waals surface area (Å²) >= 11 is 0. The first-order valence-corrected chi connectivity index (χ1v) is 8.40. The topological polar surface area (TPSA) is 20.3 Å². The fourth-order valence-electron chi connectivity index (χ4n) is 3.11. The third kappa shape index (κ3) is 4.87. The summed E-state index contributed by atoms with van der Waals surface area (Å²) in [7, 11) is 0. The molecule has 2 unspecified atom stereocenters. The predicted molar refractivity (Wildman–Crippen MR) is 90.5 cm³/mol. The molecule has 0 aliphatic heterocycles. The summed E-state index contributed by atoms with van der Waals surface area (Å²) in [5.74, 6) is 0.676. The molecule has 0 saturated heterocycles. The number of nitrogens with zero attached hydrogens (tertiary/aromatic N) is 1. The van der Waals surface area contributed by atoms with Gasteiger partial charge in [-0.15, -0.1) is 0 Å². The van der Waals surface area contributed by atoms with Crippen molar-refractivity contribution in [2.24, 2.45) is 5.92 Å². The van der Waals surface area contributed by atoms with Crippen molar-refractivity contribution in [2.75, 3.05) is 13.1 Å². The number of carbonyl (C=O) groups excluding carboxylic acids is 1. The summed E-state index contributed by atoms with van der Waals surface area (Å²) < 4.78 is 0. The molecule has 1 amide bonds. The van der Waals surface area contributed by atoms with Gasteiger partial charge < -0.3 is 4.90 Å². The molecule has 0 saturated carbocycles. The number of benzene rings is 1. The second kappa shape index (κ2) is 8.86. The van der Waals surface area contributed by atoms with Gasteiger partial charge in [-0.25, -0.2) is 0 Å². The fraction of sp³-hybridized carbons (Fsp3) is 0.632. The maximum absolute atomic E-state index is 12.8. The van der Waals surface area contributed by atoms with Gasteiger partial charge in [-0.05, 0) is 37.7 Å². The van der Waals surface area contributed by atoms with E-state index in [1.54, 1.807) is 0 Å². The Hall–Kier alpha value is -1.31. The Morgan fingerprint density at radius 2 is 1.76 bits per heavy atom. The van der Waals surface area contributed by atoms with Crippen LogP contribution in [-0.2, 0) is 4.79 Å². The lowest BCUT2D eigenvalue weighted by Gasteiger charge is -2.29. The monoisotopic (exact) mass is 289 g/mol. The molecule has 0 fully saturated rings. The zero-order valence-electron chi connectivity index (χ0n) is 14.4. The van der Waals surface area contributed by atoms with Crippen LogP contribution >= 0.6 is 0 Å². The average Bonchev–Trinajstić information content (AvgIpc) is 2.47. The Morgan fingerprint density at radius 1 is 1.14 bits per heavy atom. The van der Waals surface area contributed by atoms with Crippen LogP contribution in [0.25, 0.3) is 0 Å². The number of carbonyl (C=O) groups is 1. The third-order valence-electron chi connectivity index (χ3n) is 4.20. The molecular weight excluding hydrogens is 258 g/mol. The fourth-order valence-corrected chi connectivity index (χ4v) is 3.11. The molecule has 1 aromatic carbocycles. The largest absolute Gasteiger partial charge is 0.342 e. The lowest BCUT2D eigenvalue weighted by molar-refractivity contribution is -0.135. The molecule has 0 N–H and O–H groups in total. The molecule has 0 radical (unpaired) electrons. The Labute approximate surface area is 130 Å². The molecule has 118 valence electrons. The number of hydrogen-bond acceptors (Lipinski definition) is 1. The lowest BCUT2D eigenvalue weighted by Crippen LogP contribution is -2.38. The molecular formula is C19H31NO. The van der Waals surface area contributed by atoms with Crippen molar-refractivity contribution < 1.29 is 4.79 Å². The van der Waals surface area contributed by atoms with Crippen molar-refractivity contribution in [3.8, 4) is 0 Å². The second-order valence-corrected chi connectivity index (χ2v) is 6.04. The maximum Gasteiger partial charge on any atom is 0.226 e. The normalized spacial score (nSPS) is 13.8. The van der Waals surface area contributed by atoms with Crippen LogP contribution in [0.1, 0.15) is 64.0 Å². The Balaban J connectivity index is 2.91. The SMILES string of the molecule is CCCN(CCC)C(=O)C(C)C(CC)c1cccc(C)c1. The molecule has 2 heteroatoms. The summed E-state index contributed by atoms with van der Waals surface area (Å²) in [4.78, 5) is 14.9. The van der Waals surface area contributed by atoms with E-state index in [-0.39, 0.29) is 5.92 Å². The molecule has 1 aromatic rings. The van der Waals surface area contributed by atoms with E-state index < -0.39 is 0 Å². The lowest BCUT2D eigenvalue weighted by atomic mass is 9.83. The van der Waals surface area contributed by atoms with E-state index in [2.05, 4.69) is 58.9 Å². The van der Waals surface area contributed by atoms with Gasteiger partial charge in [0.25, 0.3) is 0 Å². The van der Waals surface area contributed by atoms with Crippen LogP contribution in [-0.4, -0.2) is 23.9 Å². The van der Waals surface area contributed by atoms with Gasteiger partial charge >= 0.3 is 0 Å².